The number of rotatable bonds is 5. The predicted octanol–water partition coefficient (Wildman–Crippen LogP) is 7.17. The molecule has 0 atom stereocenters. The minimum atomic E-state index is -1.41. The number of fused-ring (bicyclic) bond motifs is 1. The zero-order chi connectivity index (χ0) is 21.7. The van der Waals surface area contributed by atoms with E-state index < -0.39 is 16.1 Å². The normalized spacial score (nSPS) is 14.6. The van der Waals surface area contributed by atoms with Gasteiger partial charge in [-0.05, 0) is 39.7 Å². The third kappa shape index (κ3) is 4.54. The largest absolute Gasteiger partial charge is 0.0776 e. The fraction of sp³-hybridized carbons (Fsp3) is 0.444. The van der Waals surface area contributed by atoms with Gasteiger partial charge in [0.05, 0.1) is 16.1 Å². The minimum absolute atomic E-state index is 0.512. The highest BCUT2D eigenvalue weighted by atomic mass is 28.3. The first kappa shape index (κ1) is 22.3. The zero-order valence-electron chi connectivity index (χ0n) is 20.2. The second-order valence-electron chi connectivity index (χ2n) is 11.4. The van der Waals surface area contributed by atoms with Gasteiger partial charge < -0.3 is 0 Å². The van der Waals surface area contributed by atoms with Crippen molar-refractivity contribution in [1.82, 2.24) is 0 Å². The van der Waals surface area contributed by atoms with Crippen molar-refractivity contribution in [2.45, 2.75) is 72.9 Å². The van der Waals surface area contributed by atoms with Gasteiger partial charge in [0.15, 0.2) is 0 Å². The molecule has 1 aliphatic carbocycles. The summed E-state index contributed by atoms with van der Waals surface area (Å²) in [5.74, 6) is 1.07. The van der Waals surface area contributed by atoms with Gasteiger partial charge in [-0.15, -0.1) is 0 Å². The molecule has 155 valence electrons. The first-order valence-corrected chi connectivity index (χ1v) is 18.2. The topological polar surface area (TPSA) is 0 Å². The second-order valence-corrected chi connectivity index (χ2v) is 21.6. The molecule has 0 saturated heterocycles. The fourth-order valence-electron chi connectivity index (χ4n) is 4.10. The summed E-state index contributed by atoms with van der Waals surface area (Å²) < 4.78 is 0. The Bertz CT molecular complexity index is 915. The van der Waals surface area contributed by atoms with E-state index in [1.54, 1.807) is 10.4 Å². The molecule has 0 spiro atoms. The lowest BCUT2D eigenvalue weighted by molar-refractivity contribution is 0.789. The Labute approximate surface area is 181 Å². The number of hydrogen-bond acceptors (Lipinski definition) is 0. The van der Waals surface area contributed by atoms with E-state index in [2.05, 4.69) is 110 Å². The predicted molar refractivity (Wildman–Crippen MR) is 138 cm³/mol. The lowest BCUT2D eigenvalue weighted by Gasteiger charge is -2.26. The molecule has 1 aliphatic rings. The van der Waals surface area contributed by atoms with Gasteiger partial charge in [0.25, 0.3) is 0 Å². The maximum Gasteiger partial charge on any atom is 0.0776 e. The van der Waals surface area contributed by atoms with Crippen LogP contribution in [0.5, 0.6) is 0 Å². The highest BCUT2D eigenvalue weighted by Crippen LogP contribution is 2.41. The van der Waals surface area contributed by atoms with Crippen LogP contribution in [0, 0.1) is 12.3 Å². The third-order valence-electron chi connectivity index (χ3n) is 6.19. The molecule has 0 N–H and O–H groups in total. The summed E-state index contributed by atoms with van der Waals surface area (Å²) in [7, 11) is -2.82. The first-order chi connectivity index (χ1) is 13.3. The van der Waals surface area contributed by atoms with Crippen LogP contribution in [-0.4, -0.2) is 16.1 Å². The van der Waals surface area contributed by atoms with Crippen LogP contribution in [0.15, 0.2) is 35.9 Å². The van der Waals surface area contributed by atoms with Crippen LogP contribution in [0.3, 0.4) is 0 Å². The molecule has 0 bridgehead atoms. The molecule has 0 heterocycles. The highest BCUT2D eigenvalue weighted by Gasteiger charge is 2.26. The molecule has 0 unspecified atom stereocenters. The van der Waals surface area contributed by atoms with Crippen molar-refractivity contribution in [1.29, 1.82) is 0 Å². The smallest absolute Gasteiger partial charge is 0.0656 e. The zero-order valence-corrected chi connectivity index (χ0v) is 22.2. The Balaban J connectivity index is 2.35. The fourth-order valence-corrected chi connectivity index (χ4v) is 6.59. The Hall–Kier alpha value is -1.39. The minimum Gasteiger partial charge on any atom is -0.0656 e. The summed E-state index contributed by atoms with van der Waals surface area (Å²) in [6.07, 6.45) is 4.85. The Morgan fingerprint density at radius 3 is 1.69 bits per heavy atom. The molecule has 0 fully saturated rings. The highest BCUT2D eigenvalue weighted by molar-refractivity contribution is 6.91. The van der Waals surface area contributed by atoms with E-state index >= 15 is 0 Å². The maximum absolute atomic E-state index is 2.54. The lowest BCUT2D eigenvalue weighted by atomic mass is 9.87. The van der Waals surface area contributed by atoms with Crippen molar-refractivity contribution in [3.63, 3.8) is 0 Å². The quantitative estimate of drug-likeness (QED) is 0.450. The van der Waals surface area contributed by atoms with E-state index in [1.807, 2.05) is 0 Å². The average molecular weight is 420 g/mol. The average Bonchev–Trinajstić information content (AvgIpc) is 3.03. The van der Waals surface area contributed by atoms with Crippen LogP contribution in [0.4, 0.5) is 0 Å². The molecular weight excluding hydrogens is 380 g/mol. The summed E-state index contributed by atoms with van der Waals surface area (Å²) in [6.45, 7) is 24.1. The monoisotopic (exact) mass is 419 g/mol. The van der Waals surface area contributed by atoms with Crippen LogP contribution < -0.4 is 10.4 Å². The Morgan fingerprint density at radius 1 is 0.690 bits per heavy atom. The first-order valence-electron chi connectivity index (χ1n) is 11.2. The molecule has 0 aliphatic heterocycles. The van der Waals surface area contributed by atoms with Gasteiger partial charge in [-0.2, -0.15) is 0 Å². The van der Waals surface area contributed by atoms with Crippen molar-refractivity contribution in [2.75, 3.05) is 0 Å². The summed E-state index contributed by atoms with van der Waals surface area (Å²) in [6, 6.07) is 12.3. The molecule has 0 saturated carbocycles. The number of hydrogen-bond donors (Lipinski definition) is 0. The summed E-state index contributed by atoms with van der Waals surface area (Å²) in [5.41, 5.74) is 8.68. The van der Waals surface area contributed by atoms with Crippen LogP contribution >= 0.6 is 0 Å². The molecule has 2 aromatic carbocycles. The Kier molecular flexibility index (Phi) is 5.92. The van der Waals surface area contributed by atoms with Crippen LogP contribution in [-0.2, 0) is 0 Å². The number of benzene rings is 2. The molecule has 0 nitrogen and oxygen atoms in total. The van der Waals surface area contributed by atoms with Crippen molar-refractivity contribution in [3.05, 3.63) is 59.0 Å². The van der Waals surface area contributed by atoms with E-state index in [1.165, 1.54) is 33.4 Å². The molecule has 0 aromatic heterocycles. The summed E-state index contributed by atoms with van der Waals surface area (Å²) in [5, 5.41) is 3.18. The van der Waals surface area contributed by atoms with E-state index in [-0.39, 0.29) is 0 Å². The molecule has 2 heteroatoms. The Morgan fingerprint density at radius 2 is 1.24 bits per heavy atom. The maximum atomic E-state index is 2.54. The van der Waals surface area contributed by atoms with Gasteiger partial charge in [-0.1, -0.05) is 119 Å². The van der Waals surface area contributed by atoms with Gasteiger partial charge in [0.2, 0.25) is 0 Å². The van der Waals surface area contributed by atoms with Crippen LogP contribution in [0.25, 0.3) is 17.2 Å². The van der Waals surface area contributed by atoms with Gasteiger partial charge >= 0.3 is 0 Å². The third-order valence-corrected chi connectivity index (χ3v) is 10.2. The van der Waals surface area contributed by atoms with Crippen LogP contribution in [0.2, 0.25) is 39.3 Å². The molecule has 3 rings (SSSR count). The van der Waals surface area contributed by atoms with Gasteiger partial charge in [-0.3, -0.25) is 0 Å². The number of allylic oxidation sites excluding steroid dienone is 1. The van der Waals surface area contributed by atoms with Crippen molar-refractivity contribution >= 4 is 32.6 Å². The lowest BCUT2D eigenvalue weighted by Crippen LogP contribution is -2.45. The van der Waals surface area contributed by atoms with Crippen molar-refractivity contribution < 1.29 is 0 Å². The van der Waals surface area contributed by atoms with E-state index in [0.717, 1.165) is 0 Å². The van der Waals surface area contributed by atoms with Crippen molar-refractivity contribution in [2.24, 2.45) is 5.92 Å². The van der Waals surface area contributed by atoms with Gasteiger partial charge in [0.1, 0.15) is 0 Å². The standard InChI is InChI=1S/C27H39Si2/c1-18(2)21-13-20-11-12-25(19(3)4)27(26(20)16-21)22-14-23(28(5,6)7)17-24(15-22)29(8,9)10/h11-19H,1-10H3. The summed E-state index contributed by atoms with van der Waals surface area (Å²) >= 11 is 0. The van der Waals surface area contributed by atoms with E-state index in [9.17, 15) is 0 Å². The van der Waals surface area contributed by atoms with E-state index in [0.29, 0.717) is 11.8 Å². The molecule has 2 aromatic rings. The molecule has 29 heavy (non-hydrogen) atoms. The van der Waals surface area contributed by atoms with E-state index in [4.69, 9.17) is 0 Å². The SMILES string of the molecule is CC(C)C1=Cc2c(ccc(C(C)C)c2-c2cc([Si](C)(C)C)cc([Si](C)(C)C)c2)[CH]1. The second kappa shape index (κ2) is 7.70. The molecular formula is C27H39Si2. The van der Waals surface area contributed by atoms with Crippen molar-refractivity contribution in [3.8, 4) is 11.1 Å². The van der Waals surface area contributed by atoms with Crippen LogP contribution in [0.1, 0.15) is 50.3 Å². The summed E-state index contributed by atoms with van der Waals surface area (Å²) in [4.78, 5) is 0. The van der Waals surface area contributed by atoms with Gasteiger partial charge in [-0.25, -0.2) is 0 Å². The molecule has 0 amide bonds. The molecule has 1 radical (unpaired) electrons. The van der Waals surface area contributed by atoms with Gasteiger partial charge in [0, 0.05) is 6.42 Å².